The highest BCUT2D eigenvalue weighted by atomic mass is 32.2. The first-order valence-corrected chi connectivity index (χ1v) is 7.58. The molecule has 3 nitrogen and oxygen atoms in total. The molecular formula is C16H14O3S. The number of carbonyl (C=O) groups is 1. The van der Waals surface area contributed by atoms with Gasteiger partial charge in [0.1, 0.15) is 4.91 Å². The van der Waals surface area contributed by atoms with Gasteiger partial charge in [0, 0.05) is 0 Å². The fourth-order valence-electron chi connectivity index (χ4n) is 1.80. The molecule has 2 aromatic rings. The second-order valence-corrected chi connectivity index (χ2v) is 6.21. The third-order valence-electron chi connectivity index (χ3n) is 2.79. The highest BCUT2D eigenvalue weighted by Gasteiger charge is 2.23. The maximum absolute atomic E-state index is 12.5. The molecule has 2 rings (SSSR count). The number of ketones is 1. The summed E-state index contributed by atoms with van der Waals surface area (Å²) in [5.41, 5.74) is 0.678. The molecule has 0 fully saturated rings. The molecule has 0 saturated carbocycles. The Morgan fingerprint density at radius 1 is 0.900 bits per heavy atom. The van der Waals surface area contributed by atoms with Crippen molar-refractivity contribution in [1.29, 1.82) is 0 Å². The van der Waals surface area contributed by atoms with Gasteiger partial charge in [0.05, 0.1) is 4.90 Å². The smallest absolute Gasteiger partial charge is 0.210 e. The number of rotatable bonds is 4. The first-order chi connectivity index (χ1) is 9.51. The van der Waals surface area contributed by atoms with Gasteiger partial charge in [-0.05, 0) is 30.7 Å². The summed E-state index contributed by atoms with van der Waals surface area (Å²) in [4.78, 5) is 11.6. The Balaban J connectivity index is 2.56. The zero-order valence-corrected chi connectivity index (χ0v) is 11.8. The monoisotopic (exact) mass is 286 g/mol. The van der Waals surface area contributed by atoms with Crippen LogP contribution in [0, 0.1) is 0 Å². The predicted molar refractivity (Wildman–Crippen MR) is 78.7 cm³/mol. The number of hydrogen-bond donors (Lipinski definition) is 0. The molecule has 0 spiro atoms. The van der Waals surface area contributed by atoms with E-state index < -0.39 is 15.6 Å². The summed E-state index contributed by atoms with van der Waals surface area (Å²) >= 11 is 0. The second kappa shape index (κ2) is 5.84. The van der Waals surface area contributed by atoms with Crippen LogP contribution in [0.25, 0.3) is 6.08 Å². The van der Waals surface area contributed by atoms with E-state index in [4.69, 9.17) is 0 Å². The summed E-state index contributed by atoms with van der Waals surface area (Å²) in [5.74, 6) is -0.474. The summed E-state index contributed by atoms with van der Waals surface area (Å²) in [6.07, 6.45) is 1.41. The van der Waals surface area contributed by atoms with Crippen LogP contribution in [0.5, 0.6) is 0 Å². The van der Waals surface area contributed by atoms with E-state index in [-0.39, 0.29) is 9.80 Å². The van der Waals surface area contributed by atoms with E-state index in [2.05, 4.69) is 0 Å². The van der Waals surface area contributed by atoms with Gasteiger partial charge >= 0.3 is 0 Å². The fraction of sp³-hybridized carbons (Fsp3) is 0.0625. The molecule has 4 heteroatoms. The third kappa shape index (κ3) is 3.03. The fourth-order valence-corrected chi connectivity index (χ4v) is 3.23. The minimum absolute atomic E-state index is 0.123. The molecular weight excluding hydrogens is 272 g/mol. The predicted octanol–water partition coefficient (Wildman–Crippen LogP) is 3.09. The van der Waals surface area contributed by atoms with Crippen molar-refractivity contribution in [3.05, 3.63) is 71.1 Å². The Hall–Kier alpha value is -2.20. The molecule has 0 aliphatic rings. The summed E-state index contributed by atoms with van der Waals surface area (Å²) in [6.45, 7) is 1.26. The highest BCUT2D eigenvalue weighted by Crippen LogP contribution is 2.22. The van der Waals surface area contributed by atoms with E-state index in [1.807, 2.05) is 6.07 Å². The van der Waals surface area contributed by atoms with Crippen molar-refractivity contribution in [3.8, 4) is 0 Å². The van der Waals surface area contributed by atoms with Crippen LogP contribution in [0.15, 0.2) is 70.5 Å². The van der Waals surface area contributed by atoms with Gasteiger partial charge in [-0.15, -0.1) is 0 Å². The molecule has 0 aliphatic carbocycles. The number of benzene rings is 2. The third-order valence-corrected chi connectivity index (χ3v) is 4.66. The molecule has 0 bridgehead atoms. The van der Waals surface area contributed by atoms with Crippen LogP contribution in [0.4, 0.5) is 0 Å². The number of allylic oxidation sites excluding steroid dienone is 1. The number of carbonyl (C=O) groups excluding carboxylic acids is 1. The molecule has 0 radical (unpaired) electrons. The van der Waals surface area contributed by atoms with E-state index in [1.165, 1.54) is 25.1 Å². The normalized spacial score (nSPS) is 12.2. The maximum atomic E-state index is 12.5. The van der Waals surface area contributed by atoms with Crippen LogP contribution < -0.4 is 0 Å². The van der Waals surface area contributed by atoms with Gasteiger partial charge < -0.3 is 0 Å². The quantitative estimate of drug-likeness (QED) is 0.812. The average Bonchev–Trinajstić information content (AvgIpc) is 2.46. The van der Waals surface area contributed by atoms with Gasteiger partial charge in [-0.3, -0.25) is 4.79 Å². The molecule has 0 aromatic heterocycles. The Morgan fingerprint density at radius 3 is 1.90 bits per heavy atom. The lowest BCUT2D eigenvalue weighted by molar-refractivity contribution is -0.112. The van der Waals surface area contributed by atoms with Crippen molar-refractivity contribution in [1.82, 2.24) is 0 Å². The van der Waals surface area contributed by atoms with Gasteiger partial charge in [0.25, 0.3) is 0 Å². The Morgan fingerprint density at radius 2 is 1.40 bits per heavy atom. The summed E-state index contributed by atoms with van der Waals surface area (Å²) in [5, 5.41) is 0. The molecule has 0 saturated heterocycles. The van der Waals surface area contributed by atoms with Gasteiger partial charge in [0.15, 0.2) is 5.78 Å². The Kier molecular flexibility index (Phi) is 4.15. The van der Waals surface area contributed by atoms with Crippen molar-refractivity contribution in [2.45, 2.75) is 11.8 Å². The average molecular weight is 286 g/mol. The van der Waals surface area contributed by atoms with E-state index in [0.29, 0.717) is 5.56 Å². The molecule has 0 unspecified atom stereocenters. The maximum Gasteiger partial charge on any atom is 0.210 e. The van der Waals surface area contributed by atoms with Gasteiger partial charge in [-0.2, -0.15) is 0 Å². The Labute approximate surface area is 118 Å². The molecule has 0 amide bonds. The van der Waals surface area contributed by atoms with Gasteiger partial charge in [0.2, 0.25) is 9.84 Å². The topological polar surface area (TPSA) is 51.2 Å². The minimum atomic E-state index is -3.79. The second-order valence-electron chi connectivity index (χ2n) is 4.29. The van der Waals surface area contributed by atoms with Crippen LogP contribution in [-0.2, 0) is 14.6 Å². The van der Waals surface area contributed by atoms with Gasteiger partial charge in [-0.1, -0.05) is 48.5 Å². The number of hydrogen-bond acceptors (Lipinski definition) is 3. The molecule has 0 aliphatic heterocycles. The van der Waals surface area contributed by atoms with Crippen molar-refractivity contribution >= 4 is 21.7 Å². The first kappa shape index (κ1) is 14.2. The lowest BCUT2D eigenvalue weighted by Crippen LogP contribution is -2.11. The molecule has 0 heterocycles. The van der Waals surface area contributed by atoms with Crippen LogP contribution in [0.1, 0.15) is 12.5 Å². The van der Waals surface area contributed by atoms with Crippen LogP contribution >= 0.6 is 0 Å². The summed E-state index contributed by atoms with van der Waals surface area (Å²) in [6, 6.07) is 16.9. The molecule has 2 aromatic carbocycles. The highest BCUT2D eigenvalue weighted by molar-refractivity contribution is 7.96. The van der Waals surface area contributed by atoms with E-state index in [0.717, 1.165) is 0 Å². The van der Waals surface area contributed by atoms with Crippen LogP contribution in [-0.4, -0.2) is 14.2 Å². The van der Waals surface area contributed by atoms with E-state index in [9.17, 15) is 13.2 Å². The molecule has 102 valence electrons. The van der Waals surface area contributed by atoms with Crippen LogP contribution in [0.3, 0.4) is 0 Å². The molecule has 0 atom stereocenters. The zero-order valence-electron chi connectivity index (χ0n) is 11.0. The lowest BCUT2D eigenvalue weighted by Gasteiger charge is -2.06. The van der Waals surface area contributed by atoms with E-state index >= 15 is 0 Å². The van der Waals surface area contributed by atoms with Crippen molar-refractivity contribution in [3.63, 3.8) is 0 Å². The minimum Gasteiger partial charge on any atom is -0.294 e. The SMILES string of the molecule is CC(=O)/C(=C\c1ccccc1)S(=O)(=O)c1ccccc1. The number of Topliss-reactive ketones (excluding diaryl/α,β-unsaturated/α-hetero) is 1. The van der Waals surface area contributed by atoms with Crippen molar-refractivity contribution < 1.29 is 13.2 Å². The largest absolute Gasteiger partial charge is 0.294 e. The summed E-state index contributed by atoms with van der Waals surface area (Å²) < 4.78 is 25.0. The number of sulfone groups is 1. The van der Waals surface area contributed by atoms with Gasteiger partial charge in [-0.25, -0.2) is 8.42 Å². The summed E-state index contributed by atoms with van der Waals surface area (Å²) in [7, 11) is -3.79. The van der Waals surface area contributed by atoms with Crippen molar-refractivity contribution in [2.24, 2.45) is 0 Å². The van der Waals surface area contributed by atoms with E-state index in [1.54, 1.807) is 42.5 Å². The molecule has 20 heavy (non-hydrogen) atoms. The first-order valence-electron chi connectivity index (χ1n) is 6.09. The Bertz CT molecular complexity index is 730. The standard InChI is InChI=1S/C16H14O3S/c1-13(17)16(12-14-8-4-2-5-9-14)20(18,19)15-10-6-3-7-11-15/h2-12H,1H3/b16-12+. The zero-order chi connectivity index (χ0) is 14.6. The molecule has 0 N–H and O–H groups in total. The van der Waals surface area contributed by atoms with Crippen molar-refractivity contribution in [2.75, 3.05) is 0 Å². The van der Waals surface area contributed by atoms with Crippen LogP contribution in [0.2, 0.25) is 0 Å². The lowest BCUT2D eigenvalue weighted by atomic mass is 10.2.